The summed E-state index contributed by atoms with van der Waals surface area (Å²) in [5, 5.41) is 9.03. The SMILES string of the molecule is CCOC(=O)CCC(=O)CN1CCCCC1CCO. The van der Waals surface area contributed by atoms with Gasteiger partial charge in [0, 0.05) is 19.1 Å². The van der Waals surface area contributed by atoms with Gasteiger partial charge in [0.25, 0.3) is 0 Å². The summed E-state index contributed by atoms with van der Waals surface area (Å²) in [6.45, 7) is 3.59. The molecule has 0 aromatic rings. The van der Waals surface area contributed by atoms with Gasteiger partial charge in [-0.1, -0.05) is 6.42 Å². The van der Waals surface area contributed by atoms with Crippen LogP contribution in [-0.4, -0.2) is 54.1 Å². The van der Waals surface area contributed by atoms with Crippen molar-refractivity contribution in [2.24, 2.45) is 0 Å². The van der Waals surface area contributed by atoms with Crippen LogP contribution >= 0.6 is 0 Å². The summed E-state index contributed by atoms with van der Waals surface area (Å²) in [7, 11) is 0. The van der Waals surface area contributed by atoms with Gasteiger partial charge < -0.3 is 9.84 Å². The molecule has 19 heavy (non-hydrogen) atoms. The third kappa shape index (κ3) is 6.16. The van der Waals surface area contributed by atoms with E-state index in [2.05, 4.69) is 4.90 Å². The number of nitrogens with zero attached hydrogens (tertiary/aromatic N) is 1. The van der Waals surface area contributed by atoms with Crippen molar-refractivity contribution < 1.29 is 19.4 Å². The van der Waals surface area contributed by atoms with E-state index >= 15 is 0 Å². The number of carbonyl (C=O) groups is 2. The Morgan fingerprint density at radius 2 is 2.11 bits per heavy atom. The molecule has 1 unspecified atom stereocenters. The van der Waals surface area contributed by atoms with E-state index in [-0.39, 0.29) is 31.2 Å². The number of carbonyl (C=O) groups excluding carboxylic acids is 2. The first-order chi connectivity index (χ1) is 9.17. The van der Waals surface area contributed by atoms with Crippen molar-refractivity contribution in [1.29, 1.82) is 0 Å². The van der Waals surface area contributed by atoms with Crippen LogP contribution in [0.2, 0.25) is 0 Å². The smallest absolute Gasteiger partial charge is 0.306 e. The number of hydrogen-bond acceptors (Lipinski definition) is 5. The molecule has 0 aliphatic carbocycles. The third-order valence-electron chi connectivity index (χ3n) is 3.50. The largest absolute Gasteiger partial charge is 0.466 e. The van der Waals surface area contributed by atoms with E-state index in [0.717, 1.165) is 32.2 Å². The number of rotatable bonds is 8. The summed E-state index contributed by atoms with van der Waals surface area (Å²) in [5.74, 6) is -0.223. The highest BCUT2D eigenvalue weighted by Gasteiger charge is 2.23. The average molecular weight is 271 g/mol. The topological polar surface area (TPSA) is 66.8 Å². The summed E-state index contributed by atoms with van der Waals surface area (Å²) < 4.78 is 4.80. The van der Waals surface area contributed by atoms with Crippen LogP contribution in [0, 0.1) is 0 Å². The summed E-state index contributed by atoms with van der Waals surface area (Å²) >= 11 is 0. The molecule has 5 nitrogen and oxygen atoms in total. The lowest BCUT2D eigenvalue weighted by atomic mass is 9.99. The first-order valence-electron chi connectivity index (χ1n) is 7.19. The van der Waals surface area contributed by atoms with Crippen LogP contribution in [0.4, 0.5) is 0 Å². The molecule has 0 spiro atoms. The zero-order chi connectivity index (χ0) is 14.1. The molecule has 0 aromatic carbocycles. The lowest BCUT2D eigenvalue weighted by Gasteiger charge is -2.34. The molecule has 110 valence electrons. The molecule has 1 heterocycles. The number of ketones is 1. The summed E-state index contributed by atoms with van der Waals surface area (Å²) in [6, 6.07) is 0.310. The second-order valence-corrected chi connectivity index (χ2v) is 4.98. The van der Waals surface area contributed by atoms with Crippen LogP contribution in [-0.2, 0) is 14.3 Å². The molecular formula is C14H25NO4. The fourth-order valence-corrected chi connectivity index (χ4v) is 2.52. The number of ether oxygens (including phenoxy) is 1. The molecular weight excluding hydrogens is 246 g/mol. The van der Waals surface area contributed by atoms with Crippen molar-refractivity contribution in [2.45, 2.75) is 51.5 Å². The van der Waals surface area contributed by atoms with Crippen LogP contribution in [0.15, 0.2) is 0 Å². The summed E-state index contributed by atoms with van der Waals surface area (Å²) in [4.78, 5) is 25.2. The minimum Gasteiger partial charge on any atom is -0.466 e. The summed E-state index contributed by atoms with van der Waals surface area (Å²) in [5.41, 5.74) is 0. The van der Waals surface area contributed by atoms with E-state index in [9.17, 15) is 9.59 Å². The Hall–Kier alpha value is -0.940. The van der Waals surface area contributed by atoms with Gasteiger partial charge in [-0.25, -0.2) is 0 Å². The highest BCUT2D eigenvalue weighted by Crippen LogP contribution is 2.19. The Balaban J connectivity index is 2.31. The number of aliphatic hydroxyl groups excluding tert-OH is 1. The minimum atomic E-state index is -0.304. The number of Topliss-reactive ketones (excluding diaryl/α,β-unsaturated/α-hetero) is 1. The van der Waals surface area contributed by atoms with E-state index in [0.29, 0.717) is 19.2 Å². The van der Waals surface area contributed by atoms with Crippen LogP contribution in [0.1, 0.15) is 45.4 Å². The Morgan fingerprint density at radius 1 is 1.32 bits per heavy atom. The molecule has 1 aliphatic rings. The maximum absolute atomic E-state index is 11.9. The first-order valence-corrected chi connectivity index (χ1v) is 7.19. The van der Waals surface area contributed by atoms with Crippen LogP contribution in [0.3, 0.4) is 0 Å². The minimum absolute atomic E-state index is 0.0814. The zero-order valence-electron chi connectivity index (χ0n) is 11.8. The van der Waals surface area contributed by atoms with E-state index < -0.39 is 0 Å². The Morgan fingerprint density at radius 3 is 2.79 bits per heavy atom. The van der Waals surface area contributed by atoms with Gasteiger partial charge in [-0.15, -0.1) is 0 Å². The molecule has 0 aromatic heterocycles. The molecule has 0 saturated carbocycles. The Labute approximate surface area is 114 Å². The van der Waals surface area contributed by atoms with Crippen molar-refractivity contribution in [3.05, 3.63) is 0 Å². The lowest BCUT2D eigenvalue weighted by molar-refractivity contribution is -0.144. The fraction of sp³-hybridized carbons (Fsp3) is 0.857. The molecule has 5 heteroatoms. The van der Waals surface area contributed by atoms with Crippen molar-refractivity contribution >= 4 is 11.8 Å². The maximum atomic E-state index is 11.9. The molecule has 1 rings (SSSR count). The van der Waals surface area contributed by atoms with Crippen molar-refractivity contribution in [1.82, 2.24) is 4.90 Å². The fourth-order valence-electron chi connectivity index (χ4n) is 2.52. The molecule has 1 fully saturated rings. The van der Waals surface area contributed by atoms with Crippen molar-refractivity contribution in [2.75, 3.05) is 26.3 Å². The number of piperidine rings is 1. The number of likely N-dealkylation sites (tertiary alicyclic amines) is 1. The average Bonchev–Trinajstić information content (AvgIpc) is 2.39. The van der Waals surface area contributed by atoms with Gasteiger partial charge in [0.1, 0.15) is 5.78 Å². The number of hydrogen-bond donors (Lipinski definition) is 1. The Kier molecular flexibility index (Phi) is 7.67. The normalized spacial score (nSPS) is 20.2. The molecule has 1 saturated heterocycles. The van der Waals surface area contributed by atoms with E-state index in [1.807, 2.05) is 0 Å². The van der Waals surface area contributed by atoms with Gasteiger partial charge >= 0.3 is 5.97 Å². The maximum Gasteiger partial charge on any atom is 0.306 e. The van der Waals surface area contributed by atoms with Gasteiger partial charge in [0.2, 0.25) is 0 Å². The predicted molar refractivity (Wildman–Crippen MR) is 71.8 cm³/mol. The number of aliphatic hydroxyl groups is 1. The number of esters is 1. The molecule has 0 radical (unpaired) electrons. The predicted octanol–water partition coefficient (Wildman–Crippen LogP) is 1.14. The molecule has 0 amide bonds. The highest BCUT2D eigenvalue weighted by molar-refractivity contribution is 5.84. The lowest BCUT2D eigenvalue weighted by Crippen LogP contribution is -2.43. The van der Waals surface area contributed by atoms with Gasteiger partial charge in [-0.2, -0.15) is 0 Å². The molecule has 1 N–H and O–H groups in total. The molecule has 1 atom stereocenters. The third-order valence-corrected chi connectivity index (χ3v) is 3.50. The van der Waals surface area contributed by atoms with Crippen molar-refractivity contribution in [3.63, 3.8) is 0 Å². The highest BCUT2D eigenvalue weighted by atomic mass is 16.5. The van der Waals surface area contributed by atoms with Gasteiger partial charge in [0.05, 0.1) is 19.6 Å². The first kappa shape index (κ1) is 16.1. The molecule has 0 bridgehead atoms. The summed E-state index contributed by atoms with van der Waals surface area (Å²) in [6.07, 6.45) is 4.47. The van der Waals surface area contributed by atoms with Gasteiger partial charge in [-0.05, 0) is 32.7 Å². The second-order valence-electron chi connectivity index (χ2n) is 4.98. The van der Waals surface area contributed by atoms with Crippen molar-refractivity contribution in [3.8, 4) is 0 Å². The van der Waals surface area contributed by atoms with Crippen LogP contribution in [0.25, 0.3) is 0 Å². The monoisotopic (exact) mass is 271 g/mol. The van der Waals surface area contributed by atoms with E-state index in [1.54, 1.807) is 6.92 Å². The van der Waals surface area contributed by atoms with E-state index in [1.165, 1.54) is 0 Å². The second kappa shape index (κ2) is 9.04. The van der Waals surface area contributed by atoms with Gasteiger partial charge in [0.15, 0.2) is 0 Å². The quantitative estimate of drug-likeness (QED) is 0.670. The van der Waals surface area contributed by atoms with E-state index in [4.69, 9.17) is 9.84 Å². The molecule has 1 aliphatic heterocycles. The zero-order valence-corrected chi connectivity index (χ0v) is 11.8. The standard InChI is InChI=1S/C14H25NO4/c1-2-19-14(18)7-6-13(17)11-15-9-4-3-5-12(15)8-10-16/h12,16H,2-11H2,1H3. The van der Waals surface area contributed by atoms with Crippen LogP contribution < -0.4 is 0 Å². The Bertz CT molecular complexity index is 291. The van der Waals surface area contributed by atoms with Crippen LogP contribution in [0.5, 0.6) is 0 Å². The van der Waals surface area contributed by atoms with Gasteiger partial charge in [-0.3, -0.25) is 14.5 Å².